The molecular weight excluding hydrogens is 184 g/mol. The van der Waals surface area contributed by atoms with E-state index in [1.165, 1.54) is 16.7 Å². The lowest BCUT2D eigenvalue weighted by molar-refractivity contribution is 0.288. The van der Waals surface area contributed by atoms with E-state index in [1.54, 1.807) is 0 Å². The number of aliphatic hydroxyl groups is 1. The molecule has 0 amide bonds. The molecule has 0 aliphatic rings. The molecule has 0 heterocycles. The van der Waals surface area contributed by atoms with Gasteiger partial charge in [0.1, 0.15) is 0 Å². The van der Waals surface area contributed by atoms with Crippen molar-refractivity contribution in [1.29, 1.82) is 0 Å². The van der Waals surface area contributed by atoms with Gasteiger partial charge in [0.05, 0.1) is 0 Å². The smallest absolute Gasteiger partial charge is 0.0434 e. The maximum Gasteiger partial charge on any atom is 0.0434 e. The Morgan fingerprint density at radius 3 is 2.62 bits per heavy atom. The van der Waals surface area contributed by atoms with Gasteiger partial charge in [-0.05, 0) is 55.5 Å². The fraction of sp³-hybridized carbons (Fsp3) is 0.455. The van der Waals surface area contributed by atoms with E-state index < -0.39 is 0 Å². The van der Waals surface area contributed by atoms with Crippen molar-refractivity contribution in [2.45, 2.75) is 26.7 Å². The SMILES string of the molecule is Cc1cc(Cl)cc(CCCO)c1C. The molecule has 0 fully saturated rings. The molecule has 1 aromatic carbocycles. The van der Waals surface area contributed by atoms with Crippen molar-refractivity contribution in [2.75, 3.05) is 6.61 Å². The third-order valence-electron chi connectivity index (χ3n) is 2.34. The molecule has 0 atom stereocenters. The third kappa shape index (κ3) is 2.71. The van der Waals surface area contributed by atoms with E-state index in [1.807, 2.05) is 12.1 Å². The summed E-state index contributed by atoms with van der Waals surface area (Å²) in [4.78, 5) is 0. The molecule has 1 rings (SSSR count). The number of rotatable bonds is 3. The van der Waals surface area contributed by atoms with Gasteiger partial charge in [0, 0.05) is 11.6 Å². The summed E-state index contributed by atoms with van der Waals surface area (Å²) in [6, 6.07) is 3.96. The predicted molar refractivity (Wildman–Crippen MR) is 56.3 cm³/mol. The van der Waals surface area contributed by atoms with Crippen molar-refractivity contribution < 1.29 is 5.11 Å². The summed E-state index contributed by atoms with van der Waals surface area (Å²) in [5.41, 5.74) is 3.76. The summed E-state index contributed by atoms with van der Waals surface area (Å²) >= 11 is 5.94. The maximum absolute atomic E-state index is 8.72. The molecule has 0 saturated heterocycles. The van der Waals surface area contributed by atoms with Crippen molar-refractivity contribution in [3.8, 4) is 0 Å². The Morgan fingerprint density at radius 2 is 2.00 bits per heavy atom. The summed E-state index contributed by atoms with van der Waals surface area (Å²) in [5, 5.41) is 9.51. The largest absolute Gasteiger partial charge is 0.396 e. The normalized spacial score (nSPS) is 10.5. The van der Waals surface area contributed by atoms with Crippen molar-refractivity contribution in [2.24, 2.45) is 0 Å². The van der Waals surface area contributed by atoms with Gasteiger partial charge in [0.15, 0.2) is 0 Å². The summed E-state index contributed by atoms with van der Waals surface area (Å²) in [6.45, 7) is 4.40. The molecule has 2 heteroatoms. The molecule has 0 aromatic heterocycles. The summed E-state index contributed by atoms with van der Waals surface area (Å²) in [6.07, 6.45) is 1.71. The highest BCUT2D eigenvalue weighted by Crippen LogP contribution is 2.20. The minimum absolute atomic E-state index is 0.241. The van der Waals surface area contributed by atoms with Gasteiger partial charge in [-0.3, -0.25) is 0 Å². The second-order valence-corrected chi connectivity index (χ2v) is 3.77. The molecule has 0 bridgehead atoms. The molecule has 0 aliphatic carbocycles. The molecule has 0 spiro atoms. The van der Waals surface area contributed by atoms with Crippen LogP contribution in [0.5, 0.6) is 0 Å². The molecule has 13 heavy (non-hydrogen) atoms. The highest BCUT2D eigenvalue weighted by molar-refractivity contribution is 6.30. The first-order chi connectivity index (χ1) is 6.15. The number of hydrogen-bond donors (Lipinski definition) is 1. The molecule has 0 saturated carbocycles. The molecule has 72 valence electrons. The zero-order valence-electron chi connectivity index (χ0n) is 8.10. The molecule has 0 radical (unpaired) electrons. The quantitative estimate of drug-likeness (QED) is 0.792. The van der Waals surface area contributed by atoms with Gasteiger partial charge in [0.25, 0.3) is 0 Å². The van der Waals surface area contributed by atoms with Crippen LogP contribution in [0.3, 0.4) is 0 Å². The standard InChI is InChI=1S/C11H15ClO/c1-8-6-11(12)7-10(9(8)2)4-3-5-13/h6-7,13H,3-5H2,1-2H3. The molecule has 0 aliphatic heterocycles. The van der Waals surface area contributed by atoms with E-state index >= 15 is 0 Å². The average molecular weight is 199 g/mol. The van der Waals surface area contributed by atoms with Crippen molar-refractivity contribution in [3.63, 3.8) is 0 Å². The van der Waals surface area contributed by atoms with E-state index in [0.717, 1.165) is 17.9 Å². The molecule has 1 N–H and O–H groups in total. The van der Waals surface area contributed by atoms with Crippen LogP contribution in [-0.4, -0.2) is 11.7 Å². The van der Waals surface area contributed by atoms with Gasteiger partial charge in [-0.15, -0.1) is 0 Å². The van der Waals surface area contributed by atoms with Gasteiger partial charge in [-0.25, -0.2) is 0 Å². The number of aliphatic hydroxyl groups excluding tert-OH is 1. The van der Waals surface area contributed by atoms with E-state index in [4.69, 9.17) is 16.7 Å². The number of hydrogen-bond acceptors (Lipinski definition) is 1. The van der Waals surface area contributed by atoms with Crippen molar-refractivity contribution in [3.05, 3.63) is 33.8 Å². The first-order valence-electron chi connectivity index (χ1n) is 4.51. The third-order valence-corrected chi connectivity index (χ3v) is 2.56. The lowest BCUT2D eigenvalue weighted by Gasteiger charge is -2.08. The highest BCUT2D eigenvalue weighted by atomic mass is 35.5. The van der Waals surface area contributed by atoms with Gasteiger partial charge in [-0.1, -0.05) is 11.6 Å². The van der Waals surface area contributed by atoms with Gasteiger partial charge in [-0.2, -0.15) is 0 Å². The monoisotopic (exact) mass is 198 g/mol. The van der Waals surface area contributed by atoms with Crippen LogP contribution in [0.25, 0.3) is 0 Å². The van der Waals surface area contributed by atoms with Crippen LogP contribution in [0.2, 0.25) is 5.02 Å². The van der Waals surface area contributed by atoms with Crippen LogP contribution in [0.1, 0.15) is 23.1 Å². The van der Waals surface area contributed by atoms with Crippen LogP contribution in [-0.2, 0) is 6.42 Å². The second kappa shape index (κ2) is 4.64. The van der Waals surface area contributed by atoms with Crippen LogP contribution in [0.4, 0.5) is 0 Å². The van der Waals surface area contributed by atoms with Gasteiger partial charge in [0.2, 0.25) is 0 Å². The molecular formula is C11H15ClO. The Labute approximate surface area is 84.4 Å². The Bertz CT molecular complexity index is 294. The van der Waals surface area contributed by atoms with Crippen LogP contribution in [0, 0.1) is 13.8 Å². The maximum atomic E-state index is 8.72. The topological polar surface area (TPSA) is 20.2 Å². The predicted octanol–water partition coefficient (Wildman–Crippen LogP) is 2.88. The Kier molecular flexibility index (Phi) is 3.76. The summed E-state index contributed by atoms with van der Waals surface area (Å²) in [7, 11) is 0. The van der Waals surface area contributed by atoms with Gasteiger partial charge < -0.3 is 5.11 Å². The first kappa shape index (κ1) is 10.6. The van der Waals surface area contributed by atoms with E-state index in [-0.39, 0.29) is 6.61 Å². The van der Waals surface area contributed by atoms with E-state index in [0.29, 0.717) is 0 Å². The minimum atomic E-state index is 0.241. The fourth-order valence-corrected chi connectivity index (χ4v) is 1.71. The molecule has 0 unspecified atom stereocenters. The Balaban J connectivity index is 2.92. The minimum Gasteiger partial charge on any atom is -0.396 e. The van der Waals surface area contributed by atoms with Crippen LogP contribution >= 0.6 is 11.6 Å². The number of halogens is 1. The fourth-order valence-electron chi connectivity index (χ4n) is 1.41. The zero-order valence-corrected chi connectivity index (χ0v) is 8.86. The highest BCUT2D eigenvalue weighted by Gasteiger charge is 2.02. The second-order valence-electron chi connectivity index (χ2n) is 3.33. The number of aryl methyl sites for hydroxylation is 2. The molecule has 1 nitrogen and oxygen atoms in total. The summed E-state index contributed by atoms with van der Waals surface area (Å²) in [5.74, 6) is 0. The zero-order chi connectivity index (χ0) is 9.84. The average Bonchev–Trinajstić information content (AvgIpc) is 2.09. The van der Waals surface area contributed by atoms with E-state index in [2.05, 4.69) is 13.8 Å². The molecule has 1 aromatic rings. The van der Waals surface area contributed by atoms with Crippen molar-refractivity contribution >= 4 is 11.6 Å². The number of benzene rings is 1. The van der Waals surface area contributed by atoms with Gasteiger partial charge >= 0.3 is 0 Å². The first-order valence-corrected chi connectivity index (χ1v) is 4.89. The summed E-state index contributed by atoms with van der Waals surface area (Å²) < 4.78 is 0. The van der Waals surface area contributed by atoms with Crippen molar-refractivity contribution in [1.82, 2.24) is 0 Å². The Hall–Kier alpha value is -0.530. The van der Waals surface area contributed by atoms with Crippen LogP contribution in [0.15, 0.2) is 12.1 Å². The van der Waals surface area contributed by atoms with E-state index in [9.17, 15) is 0 Å². The lowest BCUT2D eigenvalue weighted by atomic mass is 10.00. The van der Waals surface area contributed by atoms with Crippen LogP contribution < -0.4 is 0 Å². The lowest BCUT2D eigenvalue weighted by Crippen LogP contribution is -1.95. The Morgan fingerprint density at radius 1 is 1.31 bits per heavy atom.